The Labute approximate surface area is 179 Å². The van der Waals surface area contributed by atoms with Gasteiger partial charge in [-0.3, -0.25) is 24.2 Å². The van der Waals surface area contributed by atoms with E-state index >= 15 is 0 Å². The summed E-state index contributed by atoms with van der Waals surface area (Å²) >= 11 is 0. The van der Waals surface area contributed by atoms with E-state index < -0.39 is 21.8 Å². The molecule has 0 radical (unpaired) electrons. The van der Waals surface area contributed by atoms with Crippen molar-refractivity contribution in [3.8, 4) is 5.75 Å². The van der Waals surface area contributed by atoms with E-state index in [4.69, 9.17) is 4.74 Å². The largest absolute Gasteiger partial charge is 0.492 e. The molecule has 3 aromatic rings. The van der Waals surface area contributed by atoms with Crippen LogP contribution in [0.15, 0.2) is 71.8 Å². The molecule has 1 aliphatic rings. The fraction of sp³-hybridized carbons (Fsp3) is 0.136. The first-order valence-electron chi connectivity index (χ1n) is 9.55. The van der Waals surface area contributed by atoms with Crippen LogP contribution >= 0.6 is 0 Å². The van der Waals surface area contributed by atoms with Gasteiger partial charge in [0.1, 0.15) is 11.4 Å². The molecule has 8 nitrogen and oxygen atoms in total. The summed E-state index contributed by atoms with van der Waals surface area (Å²) in [6.45, 7) is 2.24. The number of fused-ring (bicyclic) bond motifs is 1. The van der Waals surface area contributed by atoms with Crippen LogP contribution in [-0.4, -0.2) is 36.7 Å². The average Bonchev–Trinajstić information content (AvgIpc) is 3.01. The molecule has 0 unspecified atom stereocenters. The van der Waals surface area contributed by atoms with Crippen LogP contribution in [-0.2, 0) is 16.6 Å². The normalized spacial score (nSPS) is 13.3. The van der Waals surface area contributed by atoms with Crippen molar-refractivity contribution in [3.63, 3.8) is 0 Å². The Morgan fingerprint density at radius 3 is 2.42 bits per heavy atom. The number of nitrogens with zero attached hydrogens (tertiary/aromatic N) is 2. The highest BCUT2D eigenvalue weighted by molar-refractivity contribution is 7.92. The molecule has 0 saturated heterocycles. The van der Waals surface area contributed by atoms with Gasteiger partial charge in [-0.15, -0.1) is 0 Å². The van der Waals surface area contributed by atoms with E-state index in [1.807, 2.05) is 6.92 Å². The van der Waals surface area contributed by atoms with Gasteiger partial charge in [0.05, 0.1) is 29.3 Å². The number of anilines is 1. The molecule has 1 N–H and O–H groups in total. The van der Waals surface area contributed by atoms with E-state index in [-0.39, 0.29) is 22.7 Å². The highest BCUT2D eigenvalue weighted by Crippen LogP contribution is 2.27. The molecule has 2 aromatic carbocycles. The fourth-order valence-corrected chi connectivity index (χ4v) is 4.32. The third-order valence-corrected chi connectivity index (χ3v) is 6.12. The number of carbonyl (C=O) groups excluding carboxylic acids is 2. The van der Waals surface area contributed by atoms with Gasteiger partial charge in [0.25, 0.3) is 21.8 Å². The summed E-state index contributed by atoms with van der Waals surface area (Å²) in [6.07, 6.45) is 1.46. The van der Waals surface area contributed by atoms with E-state index in [9.17, 15) is 18.0 Å². The minimum Gasteiger partial charge on any atom is -0.492 e. The van der Waals surface area contributed by atoms with E-state index in [0.29, 0.717) is 23.6 Å². The molecule has 31 heavy (non-hydrogen) atoms. The molecule has 1 aliphatic heterocycles. The van der Waals surface area contributed by atoms with Gasteiger partial charge in [-0.1, -0.05) is 24.3 Å². The lowest BCUT2D eigenvalue weighted by molar-refractivity contribution is 0.0640. The Bertz CT molecular complexity index is 1220. The maximum Gasteiger partial charge on any atom is 0.280 e. The Kier molecular flexibility index (Phi) is 5.43. The van der Waals surface area contributed by atoms with Crippen LogP contribution in [0.5, 0.6) is 5.75 Å². The Morgan fingerprint density at radius 2 is 1.71 bits per heavy atom. The summed E-state index contributed by atoms with van der Waals surface area (Å²) < 4.78 is 33.5. The molecular formula is C22H19N3O5S. The number of amides is 2. The number of pyridine rings is 1. The van der Waals surface area contributed by atoms with Crippen LogP contribution in [0.3, 0.4) is 0 Å². The molecule has 4 rings (SSSR count). The number of nitrogens with one attached hydrogen (secondary N) is 1. The first kappa shape index (κ1) is 20.5. The second-order valence-corrected chi connectivity index (χ2v) is 8.46. The molecule has 0 aliphatic carbocycles. The van der Waals surface area contributed by atoms with Crippen LogP contribution < -0.4 is 9.46 Å². The Balaban J connectivity index is 1.51. The number of rotatable bonds is 7. The minimum absolute atomic E-state index is 0.0228. The lowest BCUT2D eigenvalue weighted by Gasteiger charge is -2.15. The smallest absolute Gasteiger partial charge is 0.280 e. The second kappa shape index (κ2) is 8.19. The average molecular weight is 437 g/mol. The number of aromatic nitrogens is 1. The van der Waals surface area contributed by atoms with Crippen molar-refractivity contribution in [2.24, 2.45) is 0 Å². The zero-order valence-corrected chi connectivity index (χ0v) is 17.4. The van der Waals surface area contributed by atoms with Gasteiger partial charge < -0.3 is 4.74 Å². The van der Waals surface area contributed by atoms with Crippen molar-refractivity contribution in [2.75, 3.05) is 11.3 Å². The van der Waals surface area contributed by atoms with Crippen LogP contribution in [0.1, 0.15) is 33.3 Å². The number of para-hydroxylation sites is 2. The number of benzene rings is 2. The van der Waals surface area contributed by atoms with Crippen molar-refractivity contribution in [1.29, 1.82) is 0 Å². The second-order valence-electron chi connectivity index (χ2n) is 6.77. The molecule has 2 amide bonds. The Hall–Kier alpha value is -3.72. The molecule has 2 heterocycles. The van der Waals surface area contributed by atoms with Crippen molar-refractivity contribution >= 4 is 27.5 Å². The number of ether oxygens (including phenoxy) is 1. The first-order valence-corrected chi connectivity index (χ1v) is 11.0. The zero-order chi connectivity index (χ0) is 22.0. The number of sulfonamides is 1. The summed E-state index contributed by atoms with van der Waals surface area (Å²) in [4.78, 5) is 30.0. The van der Waals surface area contributed by atoms with Gasteiger partial charge in [-0.05, 0) is 48.9 Å². The highest BCUT2D eigenvalue weighted by Gasteiger charge is 2.36. The predicted molar refractivity (Wildman–Crippen MR) is 113 cm³/mol. The lowest BCUT2D eigenvalue weighted by atomic mass is 10.2. The number of imide groups is 1. The van der Waals surface area contributed by atoms with E-state index in [0.717, 1.165) is 4.90 Å². The van der Waals surface area contributed by atoms with Crippen LogP contribution in [0.2, 0.25) is 0 Å². The van der Waals surface area contributed by atoms with Crippen LogP contribution in [0.4, 0.5) is 5.69 Å². The zero-order valence-electron chi connectivity index (χ0n) is 16.6. The highest BCUT2D eigenvalue weighted by atomic mass is 32.2. The van der Waals surface area contributed by atoms with Crippen molar-refractivity contribution < 1.29 is 22.7 Å². The third kappa shape index (κ3) is 3.99. The maximum atomic E-state index is 12.8. The molecule has 0 spiro atoms. The van der Waals surface area contributed by atoms with Gasteiger partial charge in [0, 0.05) is 6.20 Å². The molecule has 158 valence electrons. The van der Waals surface area contributed by atoms with Crippen LogP contribution in [0, 0.1) is 0 Å². The number of hydrogen-bond donors (Lipinski definition) is 1. The van der Waals surface area contributed by atoms with Crippen molar-refractivity contribution in [1.82, 2.24) is 9.88 Å². The SMILES string of the molecule is CCOc1ccccc1NS(=O)(=O)c1ccc(CN2C(=O)c3cccnc3C2=O)cc1. The lowest BCUT2D eigenvalue weighted by Crippen LogP contribution is -2.29. The van der Waals surface area contributed by atoms with Gasteiger partial charge in [0.15, 0.2) is 0 Å². The van der Waals surface area contributed by atoms with E-state index in [2.05, 4.69) is 9.71 Å². The van der Waals surface area contributed by atoms with Crippen molar-refractivity contribution in [2.45, 2.75) is 18.4 Å². The molecular weight excluding hydrogens is 418 g/mol. The topological polar surface area (TPSA) is 106 Å². The molecule has 0 bridgehead atoms. The number of carbonyl (C=O) groups is 2. The summed E-state index contributed by atoms with van der Waals surface area (Å²) in [5.74, 6) is -0.449. The van der Waals surface area contributed by atoms with Crippen molar-refractivity contribution in [3.05, 3.63) is 83.7 Å². The predicted octanol–water partition coefficient (Wildman–Crippen LogP) is 3.08. The molecule has 0 fully saturated rings. The third-order valence-electron chi connectivity index (χ3n) is 4.74. The van der Waals surface area contributed by atoms with E-state index in [1.54, 1.807) is 48.5 Å². The molecule has 0 saturated carbocycles. The minimum atomic E-state index is -3.85. The van der Waals surface area contributed by atoms with Gasteiger partial charge >= 0.3 is 0 Å². The van der Waals surface area contributed by atoms with Crippen LogP contribution in [0.25, 0.3) is 0 Å². The standard InChI is InChI=1S/C22H19N3O5S/c1-2-30-19-8-4-3-7-18(19)24-31(28,29)16-11-9-15(10-12-16)14-25-21(26)17-6-5-13-23-20(17)22(25)27/h3-13,24H,2,14H2,1H3. The monoisotopic (exact) mass is 437 g/mol. The van der Waals surface area contributed by atoms with Gasteiger partial charge in [0.2, 0.25) is 0 Å². The molecule has 9 heteroatoms. The van der Waals surface area contributed by atoms with Gasteiger partial charge in [-0.25, -0.2) is 8.42 Å². The molecule has 0 atom stereocenters. The van der Waals surface area contributed by atoms with Gasteiger partial charge in [-0.2, -0.15) is 0 Å². The summed E-state index contributed by atoms with van der Waals surface area (Å²) in [5, 5.41) is 0. The summed E-state index contributed by atoms with van der Waals surface area (Å²) in [7, 11) is -3.85. The fourth-order valence-electron chi connectivity index (χ4n) is 3.25. The summed E-state index contributed by atoms with van der Waals surface area (Å²) in [5.41, 5.74) is 1.35. The summed E-state index contributed by atoms with van der Waals surface area (Å²) in [6, 6.07) is 15.9. The number of hydrogen-bond acceptors (Lipinski definition) is 6. The van der Waals surface area contributed by atoms with E-state index in [1.165, 1.54) is 18.3 Å². The quantitative estimate of drug-likeness (QED) is 0.570. The molecule has 1 aromatic heterocycles. The Morgan fingerprint density at radius 1 is 0.968 bits per heavy atom. The maximum absolute atomic E-state index is 12.8. The first-order chi connectivity index (χ1) is 14.9.